The fourth-order valence-corrected chi connectivity index (χ4v) is 2.08. The van der Waals surface area contributed by atoms with Crippen LogP contribution in [0.1, 0.15) is 30.5 Å². The lowest BCUT2D eigenvalue weighted by molar-refractivity contribution is -0.138. The summed E-state index contributed by atoms with van der Waals surface area (Å²) in [5.41, 5.74) is 5.46. The Morgan fingerprint density at radius 1 is 1.47 bits per heavy atom. The lowest BCUT2D eigenvalue weighted by Crippen LogP contribution is -2.14. The van der Waals surface area contributed by atoms with Crippen LogP contribution in [0, 0.1) is 0 Å². The van der Waals surface area contributed by atoms with Crippen LogP contribution >= 0.6 is 28.3 Å². The van der Waals surface area contributed by atoms with Gasteiger partial charge in [-0.3, -0.25) is 0 Å². The first-order valence-corrected chi connectivity index (χ1v) is 5.91. The van der Waals surface area contributed by atoms with E-state index in [0.717, 1.165) is 11.6 Å². The number of nitrogens with two attached hydrogens (primary N) is 1. The van der Waals surface area contributed by atoms with Crippen LogP contribution in [0.2, 0.25) is 0 Å². The van der Waals surface area contributed by atoms with E-state index in [-0.39, 0.29) is 22.4 Å². The molecule has 0 saturated carbocycles. The van der Waals surface area contributed by atoms with E-state index in [1.807, 2.05) is 0 Å². The van der Waals surface area contributed by atoms with E-state index < -0.39 is 23.5 Å². The Morgan fingerprint density at radius 3 is 2.42 bits per heavy atom. The van der Waals surface area contributed by atoms with Crippen molar-refractivity contribution < 1.29 is 18.3 Å². The van der Waals surface area contributed by atoms with Crippen LogP contribution in [0.15, 0.2) is 28.8 Å². The Morgan fingerprint density at radius 2 is 2.00 bits per heavy atom. The topological polar surface area (TPSA) is 46.2 Å². The van der Waals surface area contributed by atoms with Gasteiger partial charge in [0.25, 0.3) is 0 Å². The Labute approximate surface area is 124 Å². The van der Waals surface area contributed by atoms with Crippen LogP contribution in [-0.4, -0.2) is 5.11 Å². The fourth-order valence-electron chi connectivity index (χ4n) is 1.60. The molecular weight excluding hydrogens is 346 g/mol. The van der Waals surface area contributed by atoms with Crippen LogP contribution in [0.5, 0.6) is 5.75 Å². The molecule has 0 unspecified atom stereocenters. The number of phenols is 1. The number of phenolic OH excluding ortho intramolecular Hbond substituents is 1. The Hall–Kier alpha value is -0.720. The highest BCUT2D eigenvalue weighted by Crippen LogP contribution is 2.41. The summed E-state index contributed by atoms with van der Waals surface area (Å²) >= 11 is 2.99. The first-order chi connectivity index (χ1) is 8.12. The minimum absolute atomic E-state index is 0. The molecule has 0 saturated heterocycles. The van der Waals surface area contributed by atoms with Crippen LogP contribution in [-0.2, 0) is 6.18 Å². The second kappa shape index (κ2) is 6.63. The van der Waals surface area contributed by atoms with Crippen molar-refractivity contribution >= 4 is 28.3 Å². The SMILES string of the molecule is C=C(C)C[C@@H](N)c1cc(Br)cc(C(F)(F)F)c1O.Cl. The van der Waals surface area contributed by atoms with Crippen LogP contribution < -0.4 is 5.73 Å². The molecule has 0 bridgehead atoms. The van der Waals surface area contributed by atoms with Gasteiger partial charge in [-0.05, 0) is 25.5 Å². The van der Waals surface area contributed by atoms with Gasteiger partial charge < -0.3 is 10.8 Å². The molecule has 0 radical (unpaired) electrons. The Balaban J connectivity index is 0.00000324. The van der Waals surface area contributed by atoms with Gasteiger partial charge in [0.1, 0.15) is 5.75 Å². The van der Waals surface area contributed by atoms with Crippen molar-refractivity contribution in [3.63, 3.8) is 0 Å². The van der Waals surface area contributed by atoms with Gasteiger partial charge in [0.2, 0.25) is 0 Å². The molecule has 1 atom stereocenters. The molecule has 0 spiro atoms. The monoisotopic (exact) mass is 359 g/mol. The lowest BCUT2D eigenvalue weighted by Gasteiger charge is -2.18. The normalized spacial score (nSPS) is 12.7. The number of aromatic hydroxyl groups is 1. The summed E-state index contributed by atoms with van der Waals surface area (Å²) in [6.45, 7) is 5.37. The summed E-state index contributed by atoms with van der Waals surface area (Å²) in [5.74, 6) is -0.820. The van der Waals surface area contributed by atoms with Crippen LogP contribution in [0.4, 0.5) is 13.2 Å². The van der Waals surface area contributed by atoms with Gasteiger partial charge >= 0.3 is 6.18 Å². The Bertz CT molecular complexity index is 477. The molecule has 0 fully saturated rings. The molecule has 0 aromatic heterocycles. The molecule has 7 heteroatoms. The van der Waals surface area contributed by atoms with E-state index in [9.17, 15) is 18.3 Å². The molecule has 19 heavy (non-hydrogen) atoms. The van der Waals surface area contributed by atoms with E-state index >= 15 is 0 Å². The summed E-state index contributed by atoms with van der Waals surface area (Å²) in [4.78, 5) is 0. The molecule has 0 aliphatic rings. The van der Waals surface area contributed by atoms with Crippen LogP contribution in [0.25, 0.3) is 0 Å². The zero-order valence-corrected chi connectivity index (χ0v) is 12.5. The van der Waals surface area contributed by atoms with E-state index in [1.165, 1.54) is 6.07 Å². The molecule has 0 amide bonds. The third-order valence-corrected chi connectivity index (χ3v) is 2.84. The van der Waals surface area contributed by atoms with Gasteiger partial charge in [-0.15, -0.1) is 19.0 Å². The molecule has 0 aliphatic carbocycles. The minimum atomic E-state index is -4.62. The standard InChI is InChI=1S/C12H13BrF3NO.ClH/c1-6(2)3-10(17)8-4-7(13)5-9(11(8)18)12(14,15)16;/h4-5,10,18H,1,3,17H2,2H3;1H/t10-;/m1./s1. The average molecular weight is 361 g/mol. The predicted octanol–water partition coefficient (Wildman–Crippen LogP) is 4.56. The predicted molar refractivity (Wildman–Crippen MR) is 74.4 cm³/mol. The third-order valence-electron chi connectivity index (χ3n) is 2.38. The van der Waals surface area contributed by atoms with Gasteiger partial charge in [-0.25, -0.2) is 0 Å². The number of hydrogen-bond acceptors (Lipinski definition) is 2. The largest absolute Gasteiger partial charge is 0.507 e. The maximum absolute atomic E-state index is 12.7. The summed E-state index contributed by atoms with van der Waals surface area (Å²) in [5, 5.41) is 9.68. The molecule has 1 aromatic rings. The number of halogens is 5. The fraction of sp³-hybridized carbons (Fsp3) is 0.333. The second-order valence-electron chi connectivity index (χ2n) is 4.16. The molecule has 0 aliphatic heterocycles. The maximum Gasteiger partial charge on any atom is 0.420 e. The third kappa shape index (κ3) is 4.71. The summed E-state index contributed by atoms with van der Waals surface area (Å²) < 4.78 is 38.3. The molecular formula is C12H14BrClF3NO. The molecule has 2 nitrogen and oxygen atoms in total. The number of alkyl halides is 3. The zero-order valence-electron chi connectivity index (χ0n) is 10.1. The van der Waals surface area contributed by atoms with Crippen molar-refractivity contribution in [1.29, 1.82) is 0 Å². The van der Waals surface area contributed by atoms with Crippen molar-refractivity contribution in [2.75, 3.05) is 0 Å². The molecule has 0 heterocycles. The summed E-state index contributed by atoms with van der Waals surface area (Å²) in [6, 6.07) is 1.49. The van der Waals surface area contributed by atoms with Crippen molar-refractivity contribution in [2.24, 2.45) is 5.73 Å². The maximum atomic E-state index is 12.7. The van der Waals surface area contributed by atoms with E-state index in [4.69, 9.17) is 5.73 Å². The average Bonchev–Trinajstić information content (AvgIpc) is 2.18. The number of hydrogen-bond donors (Lipinski definition) is 2. The highest BCUT2D eigenvalue weighted by molar-refractivity contribution is 9.10. The Kier molecular flexibility index (Phi) is 6.38. The smallest absolute Gasteiger partial charge is 0.420 e. The van der Waals surface area contributed by atoms with Gasteiger partial charge in [0.15, 0.2) is 0 Å². The summed E-state index contributed by atoms with van der Waals surface area (Å²) in [6.07, 6.45) is -4.31. The van der Waals surface area contributed by atoms with Crippen molar-refractivity contribution in [3.8, 4) is 5.75 Å². The number of benzene rings is 1. The zero-order chi connectivity index (χ0) is 14.1. The van der Waals surface area contributed by atoms with Crippen molar-refractivity contribution in [3.05, 3.63) is 39.9 Å². The van der Waals surface area contributed by atoms with Crippen LogP contribution in [0.3, 0.4) is 0 Å². The first-order valence-electron chi connectivity index (χ1n) is 5.12. The minimum Gasteiger partial charge on any atom is -0.507 e. The molecule has 1 aromatic carbocycles. The quantitative estimate of drug-likeness (QED) is 0.776. The van der Waals surface area contributed by atoms with Crippen molar-refractivity contribution in [1.82, 2.24) is 0 Å². The van der Waals surface area contributed by atoms with Gasteiger partial charge in [-0.2, -0.15) is 13.2 Å². The van der Waals surface area contributed by atoms with Gasteiger partial charge in [0, 0.05) is 16.1 Å². The summed E-state index contributed by atoms with van der Waals surface area (Å²) in [7, 11) is 0. The van der Waals surface area contributed by atoms with E-state index in [2.05, 4.69) is 22.5 Å². The van der Waals surface area contributed by atoms with E-state index in [1.54, 1.807) is 6.92 Å². The first kappa shape index (κ1) is 18.3. The van der Waals surface area contributed by atoms with E-state index in [0.29, 0.717) is 6.42 Å². The lowest BCUT2D eigenvalue weighted by atomic mass is 9.98. The highest BCUT2D eigenvalue weighted by atomic mass is 79.9. The van der Waals surface area contributed by atoms with Crippen molar-refractivity contribution in [2.45, 2.75) is 25.6 Å². The molecule has 1 rings (SSSR count). The molecule has 108 valence electrons. The van der Waals surface area contributed by atoms with Gasteiger partial charge in [0.05, 0.1) is 5.56 Å². The highest BCUT2D eigenvalue weighted by Gasteiger charge is 2.35. The second-order valence-corrected chi connectivity index (χ2v) is 5.07. The van der Waals surface area contributed by atoms with Gasteiger partial charge in [-0.1, -0.05) is 21.5 Å². The number of rotatable bonds is 3. The molecule has 3 N–H and O–H groups in total.